The van der Waals surface area contributed by atoms with E-state index in [1.54, 1.807) is 0 Å². The van der Waals surface area contributed by atoms with Crippen molar-refractivity contribution < 1.29 is 4.79 Å². The van der Waals surface area contributed by atoms with Crippen molar-refractivity contribution in [1.29, 1.82) is 0 Å². The number of nitrogens with one attached hydrogen (secondary N) is 2. The quantitative estimate of drug-likeness (QED) is 0.733. The molecule has 0 aromatic carbocycles. The Kier molecular flexibility index (Phi) is 3.29. The highest BCUT2D eigenvalue weighted by molar-refractivity contribution is 5.80. The average molecular weight is 210 g/mol. The Morgan fingerprint density at radius 3 is 2.60 bits per heavy atom. The Morgan fingerprint density at radius 2 is 2.13 bits per heavy atom. The van der Waals surface area contributed by atoms with Crippen LogP contribution in [0.3, 0.4) is 0 Å². The number of rotatable bonds is 3. The summed E-state index contributed by atoms with van der Waals surface area (Å²) in [7, 11) is 0. The van der Waals surface area contributed by atoms with Gasteiger partial charge in [-0.25, -0.2) is 0 Å². The van der Waals surface area contributed by atoms with Crippen molar-refractivity contribution in [2.75, 3.05) is 13.1 Å². The standard InChI is InChI=1S/C12H22N2O/c1-3-9-4-5-11(8(9)2)14-12(15)10-6-13-7-10/h8-11,13H,3-7H2,1-2H3,(H,14,15). The monoisotopic (exact) mass is 210 g/mol. The molecular weight excluding hydrogens is 188 g/mol. The summed E-state index contributed by atoms with van der Waals surface area (Å²) < 4.78 is 0. The summed E-state index contributed by atoms with van der Waals surface area (Å²) in [6.45, 7) is 6.26. The molecule has 1 amide bonds. The van der Waals surface area contributed by atoms with Crippen LogP contribution < -0.4 is 10.6 Å². The van der Waals surface area contributed by atoms with Gasteiger partial charge in [0.25, 0.3) is 0 Å². The molecule has 3 nitrogen and oxygen atoms in total. The minimum atomic E-state index is 0.234. The van der Waals surface area contributed by atoms with Crippen LogP contribution in [0.25, 0.3) is 0 Å². The molecule has 0 aromatic rings. The second-order valence-corrected chi connectivity index (χ2v) is 5.08. The largest absolute Gasteiger partial charge is 0.353 e. The summed E-state index contributed by atoms with van der Waals surface area (Å²) in [6, 6.07) is 0.433. The van der Waals surface area contributed by atoms with Crippen LogP contribution in [0.4, 0.5) is 0 Å². The van der Waals surface area contributed by atoms with Gasteiger partial charge in [0.15, 0.2) is 0 Å². The summed E-state index contributed by atoms with van der Waals surface area (Å²) in [5.74, 6) is 1.97. The summed E-state index contributed by atoms with van der Waals surface area (Å²) in [5.41, 5.74) is 0. The van der Waals surface area contributed by atoms with Gasteiger partial charge in [-0.05, 0) is 24.7 Å². The Morgan fingerprint density at radius 1 is 1.40 bits per heavy atom. The molecule has 0 radical (unpaired) electrons. The first-order chi connectivity index (χ1) is 7.22. The second-order valence-electron chi connectivity index (χ2n) is 5.08. The lowest BCUT2D eigenvalue weighted by atomic mass is 9.93. The van der Waals surface area contributed by atoms with Gasteiger partial charge >= 0.3 is 0 Å². The average Bonchev–Trinajstić information content (AvgIpc) is 2.45. The maximum absolute atomic E-state index is 11.8. The van der Waals surface area contributed by atoms with Crippen LogP contribution in [0.5, 0.6) is 0 Å². The molecule has 1 heterocycles. The van der Waals surface area contributed by atoms with Crippen molar-refractivity contribution in [3.63, 3.8) is 0 Å². The highest BCUT2D eigenvalue weighted by Gasteiger charge is 2.34. The normalized spacial score (nSPS) is 36.3. The summed E-state index contributed by atoms with van der Waals surface area (Å²) in [4.78, 5) is 11.8. The molecule has 2 aliphatic rings. The number of carbonyl (C=O) groups excluding carboxylic acids is 1. The zero-order valence-corrected chi connectivity index (χ0v) is 9.75. The molecule has 2 N–H and O–H groups in total. The van der Waals surface area contributed by atoms with Crippen molar-refractivity contribution in [3.8, 4) is 0 Å². The number of carbonyl (C=O) groups is 1. The van der Waals surface area contributed by atoms with Crippen LogP contribution in [-0.4, -0.2) is 25.0 Å². The van der Waals surface area contributed by atoms with Crippen molar-refractivity contribution in [2.24, 2.45) is 17.8 Å². The van der Waals surface area contributed by atoms with E-state index >= 15 is 0 Å². The first-order valence-electron chi connectivity index (χ1n) is 6.23. The molecule has 1 saturated carbocycles. The van der Waals surface area contributed by atoms with Gasteiger partial charge in [0.2, 0.25) is 5.91 Å². The lowest BCUT2D eigenvalue weighted by molar-refractivity contribution is -0.127. The molecule has 0 spiro atoms. The number of hydrogen-bond donors (Lipinski definition) is 2. The van der Waals surface area contributed by atoms with Crippen molar-refractivity contribution in [1.82, 2.24) is 10.6 Å². The van der Waals surface area contributed by atoms with Gasteiger partial charge in [-0.1, -0.05) is 20.3 Å². The Labute approximate surface area is 92.0 Å². The van der Waals surface area contributed by atoms with Crippen molar-refractivity contribution in [3.05, 3.63) is 0 Å². The fourth-order valence-corrected chi connectivity index (χ4v) is 2.80. The van der Waals surface area contributed by atoms with E-state index in [4.69, 9.17) is 0 Å². The Hall–Kier alpha value is -0.570. The van der Waals surface area contributed by atoms with Crippen molar-refractivity contribution in [2.45, 2.75) is 39.2 Å². The zero-order chi connectivity index (χ0) is 10.8. The zero-order valence-electron chi connectivity index (χ0n) is 9.75. The summed E-state index contributed by atoms with van der Waals surface area (Å²) in [5, 5.41) is 6.35. The fraction of sp³-hybridized carbons (Fsp3) is 0.917. The SMILES string of the molecule is CCC1CCC(NC(=O)C2CNC2)C1C. The third-order valence-corrected chi connectivity index (χ3v) is 4.23. The molecule has 1 aliphatic carbocycles. The van der Waals surface area contributed by atoms with Gasteiger partial charge in [0.05, 0.1) is 5.92 Å². The highest BCUT2D eigenvalue weighted by atomic mass is 16.2. The first kappa shape index (κ1) is 10.9. The smallest absolute Gasteiger partial charge is 0.225 e. The van der Waals surface area contributed by atoms with Crippen LogP contribution in [0, 0.1) is 17.8 Å². The maximum atomic E-state index is 11.8. The molecule has 3 heteroatoms. The molecule has 0 bridgehead atoms. The summed E-state index contributed by atoms with van der Waals surface area (Å²) >= 11 is 0. The van der Waals surface area contributed by atoms with Crippen LogP contribution in [0.15, 0.2) is 0 Å². The Balaban J connectivity index is 1.81. The first-order valence-corrected chi connectivity index (χ1v) is 6.23. The number of hydrogen-bond acceptors (Lipinski definition) is 2. The molecule has 3 atom stereocenters. The second kappa shape index (κ2) is 4.52. The Bertz CT molecular complexity index is 238. The maximum Gasteiger partial charge on any atom is 0.225 e. The molecular formula is C12H22N2O. The van der Waals surface area contributed by atoms with E-state index in [9.17, 15) is 4.79 Å². The van der Waals surface area contributed by atoms with E-state index in [0.717, 1.165) is 19.0 Å². The van der Waals surface area contributed by atoms with Gasteiger partial charge < -0.3 is 10.6 Å². The van der Waals surface area contributed by atoms with E-state index in [2.05, 4.69) is 24.5 Å². The molecule has 0 aromatic heterocycles. The van der Waals surface area contributed by atoms with Crippen LogP contribution in [-0.2, 0) is 4.79 Å². The molecule has 1 aliphatic heterocycles. The van der Waals surface area contributed by atoms with Gasteiger partial charge in [0.1, 0.15) is 0 Å². The van der Waals surface area contributed by atoms with Gasteiger partial charge in [-0.15, -0.1) is 0 Å². The van der Waals surface area contributed by atoms with E-state index in [1.807, 2.05) is 0 Å². The van der Waals surface area contributed by atoms with Gasteiger partial charge in [-0.2, -0.15) is 0 Å². The fourth-order valence-electron chi connectivity index (χ4n) is 2.80. The predicted octanol–water partition coefficient (Wildman–Crippen LogP) is 1.15. The molecule has 1 saturated heterocycles. The lowest BCUT2D eigenvalue weighted by Crippen LogP contribution is -2.53. The minimum Gasteiger partial charge on any atom is -0.353 e. The minimum absolute atomic E-state index is 0.234. The van der Waals surface area contributed by atoms with E-state index in [-0.39, 0.29) is 11.8 Å². The van der Waals surface area contributed by atoms with Crippen LogP contribution in [0.2, 0.25) is 0 Å². The van der Waals surface area contributed by atoms with Gasteiger partial charge in [0, 0.05) is 19.1 Å². The third kappa shape index (κ3) is 2.17. The molecule has 3 unspecified atom stereocenters. The van der Waals surface area contributed by atoms with Gasteiger partial charge in [-0.3, -0.25) is 4.79 Å². The topological polar surface area (TPSA) is 41.1 Å². The lowest BCUT2D eigenvalue weighted by Gasteiger charge is -2.29. The van der Waals surface area contributed by atoms with Crippen LogP contribution >= 0.6 is 0 Å². The van der Waals surface area contributed by atoms with Crippen molar-refractivity contribution >= 4 is 5.91 Å². The summed E-state index contributed by atoms with van der Waals surface area (Å²) in [6.07, 6.45) is 3.70. The van der Waals surface area contributed by atoms with E-state index in [0.29, 0.717) is 12.0 Å². The highest BCUT2D eigenvalue weighted by Crippen LogP contribution is 2.33. The van der Waals surface area contributed by atoms with Crippen LogP contribution in [0.1, 0.15) is 33.1 Å². The predicted molar refractivity (Wildman–Crippen MR) is 60.5 cm³/mol. The molecule has 15 heavy (non-hydrogen) atoms. The van der Waals surface area contributed by atoms with E-state index in [1.165, 1.54) is 19.3 Å². The number of amides is 1. The molecule has 86 valence electrons. The van der Waals surface area contributed by atoms with E-state index < -0.39 is 0 Å². The third-order valence-electron chi connectivity index (χ3n) is 4.23. The molecule has 2 rings (SSSR count). The molecule has 2 fully saturated rings.